The third-order valence-corrected chi connectivity index (χ3v) is 6.39. The van der Waals surface area contributed by atoms with Crippen LogP contribution in [-0.2, 0) is 10.3 Å². The van der Waals surface area contributed by atoms with Crippen molar-refractivity contribution >= 4 is 0 Å². The summed E-state index contributed by atoms with van der Waals surface area (Å²) in [5.41, 5.74) is 1.31. The predicted octanol–water partition coefficient (Wildman–Crippen LogP) is 6.58. The molecule has 2 bridgehead atoms. The second kappa shape index (κ2) is 9.16. The Bertz CT molecular complexity index is 568. The molecule has 0 spiro atoms. The summed E-state index contributed by atoms with van der Waals surface area (Å²) in [4.78, 5) is 2.68. The molecule has 4 nitrogen and oxygen atoms in total. The van der Waals surface area contributed by atoms with Gasteiger partial charge in [-0.1, -0.05) is 84.0 Å². The molecular formula is C22H37NO3. The first-order chi connectivity index (χ1) is 12.7. The molecule has 1 saturated heterocycles. The van der Waals surface area contributed by atoms with E-state index >= 15 is 0 Å². The molecule has 2 unspecified atom stereocenters. The SMILES string of the molecule is CCCCCCCCCCCCCCC12CCC(O1)c1c(O)[nH]c(O)c12. The molecule has 2 atom stereocenters. The highest BCUT2D eigenvalue weighted by atomic mass is 16.5. The number of fused-ring (bicyclic) bond motifs is 5. The summed E-state index contributed by atoms with van der Waals surface area (Å²) >= 11 is 0. The molecule has 0 radical (unpaired) electrons. The summed E-state index contributed by atoms with van der Waals surface area (Å²) in [6.45, 7) is 2.27. The zero-order valence-electron chi connectivity index (χ0n) is 16.5. The van der Waals surface area contributed by atoms with Crippen molar-refractivity contribution in [1.82, 2.24) is 4.98 Å². The summed E-state index contributed by atoms with van der Waals surface area (Å²) < 4.78 is 6.19. The summed E-state index contributed by atoms with van der Waals surface area (Å²) in [7, 11) is 0. The van der Waals surface area contributed by atoms with Crippen LogP contribution in [0.2, 0.25) is 0 Å². The van der Waals surface area contributed by atoms with E-state index in [-0.39, 0.29) is 23.5 Å². The Labute approximate surface area is 158 Å². The van der Waals surface area contributed by atoms with Gasteiger partial charge in [-0.25, -0.2) is 0 Å². The monoisotopic (exact) mass is 363 g/mol. The number of aromatic amines is 1. The Hall–Kier alpha value is -1.16. The van der Waals surface area contributed by atoms with Crippen molar-refractivity contribution in [2.24, 2.45) is 0 Å². The lowest BCUT2D eigenvalue weighted by Gasteiger charge is -2.25. The third-order valence-electron chi connectivity index (χ3n) is 6.39. The largest absolute Gasteiger partial charge is 0.494 e. The van der Waals surface area contributed by atoms with Crippen molar-refractivity contribution in [1.29, 1.82) is 0 Å². The number of ether oxygens (including phenoxy) is 1. The maximum atomic E-state index is 10.1. The fourth-order valence-corrected chi connectivity index (χ4v) is 4.96. The van der Waals surface area contributed by atoms with Gasteiger partial charge < -0.3 is 14.9 Å². The number of aromatic nitrogens is 1. The van der Waals surface area contributed by atoms with Crippen molar-refractivity contribution in [2.75, 3.05) is 0 Å². The average Bonchev–Trinajstić information content (AvgIpc) is 3.27. The van der Waals surface area contributed by atoms with Gasteiger partial charge in [0.2, 0.25) is 0 Å². The summed E-state index contributed by atoms with van der Waals surface area (Å²) in [5, 5.41) is 20.1. The molecule has 148 valence electrons. The molecule has 26 heavy (non-hydrogen) atoms. The van der Waals surface area contributed by atoms with E-state index in [1.54, 1.807) is 0 Å². The van der Waals surface area contributed by atoms with Gasteiger partial charge >= 0.3 is 0 Å². The molecule has 3 heterocycles. The number of aromatic hydroxyl groups is 2. The molecule has 2 aliphatic heterocycles. The van der Waals surface area contributed by atoms with Gasteiger partial charge in [0.15, 0.2) is 11.8 Å². The molecule has 0 aromatic carbocycles. The van der Waals surface area contributed by atoms with E-state index in [9.17, 15) is 10.2 Å². The molecule has 1 aromatic heterocycles. The summed E-state index contributed by atoms with van der Waals surface area (Å²) in [6.07, 6.45) is 19.0. The first-order valence-corrected chi connectivity index (χ1v) is 11.0. The van der Waals surface area contributed by atoms with Crippen molar-refractivity contribution < 1.29 is 14.9 Å². The third kappa shape index (κ3) is 4.21. The molecule has 1 fully saturated rings. The zero-order valence-corrected chi connectivity index (χ0v) is 16.5. The van der Waals surface area contributed by atoms with Gasteiger partial charge in [-0.3, -0.25) is 4.98 Å². The highest BCUT2D eigenvalue weighted by Gasteiger charge is 2.54. The van der Waals surface area contributed by atoms with E-state index in [0.29, 0.717) is 0 Å². The van der Waals surface area contributed by atoms with Gasteiger partial charge in [0.1, 0.15) is 0 Å². The fraction of sp³-hybridized carbons (Fsp3) is 0.818. The van der Waals surface area contributed by atoms with E-state index in [1.165, 1.54) is 70.6 Å². The van der Waals surface area contributed by atoms with Crippen molar-refractivity contribution in [2.45, 2.75) is 115 Å². The van der Waals surface area contributed by atoms with Gasteiger partial charge in [-0.15, -0.1) is 0 Å². The topological polar surface area (TPSA) is 65.5 Å². The molecule has 0 aliphatic carbocycles. The lowest BCUT2D eigenvalue weighted by atomic mass is 9.81. The molecule has 0 saturated carbocycles. The average molecular weight is 364 g/mol. The van der Waals surface area contributed by atoms with Gasteiger partial charge in [0.05, 0.1) is 22.8 Å². The van der Waals surface area contributed by atoms with E-state index in [4.69, 9.17) is 4.74 Å². The molecule has 0 amide bonds. The predicted molar refractivity (Wildman–Crippen MR) is 105 cm³/mol. The Balaban J connectivity index is 1.27. The van der Waals surface area contributed by atoms with Crippen LogP contribution in [0.3, 0.4) is 0 Å². The van der Waals surface area contributed by atoms with Crippen molar-refractivity contribution in [3.05, 3.63) is 11.1 Å². The van der Waals surface area contributed by atoms with Crippen LogP contribution in [0.25, 0.3) is 0 Å². The number of rotatable bonds is 13. The molecule has 2 aliphatic rings. The number of hydrogen-bond donors (Lipinski definition) is 3. The van der Waals surface area contributed by atoms with Gasteiger partial charge in [0, 0.05) is 0 Å². The first kappa shape index (κ1) is 19.6. The second-order valence-electron chi connectivity index (χ2n) is 8.39. The Kier molecular flexibility index (Phi) is 6.91. The van der Waals surface area contributed by atoms with E-state index in [0.717, 1.165) is 36.8 Å². The Morgan fingerprint density at radius 1 is 0.885 bits per heavy atom. The fourth-order valence-electron chi connectivity index (χ4n) is 4.96. The summed E-state index contributed by atoms with van der Waals surface area (Å²) in [5.74, 6) is 0.206. The number of hydrogen-bond acceptors (Lipinski definition) is 3. The van der Waals surface area contributed by atoms with Crippen molar-refractivity contribution in [3.8, 4) is 11.8 Å². The molecule has 3 rings (SSSR count). The Morgan fingerprint density at radius 2 is 1.46 bits per heavy atom. The maximum Gasteiger partial charge on any atom is 0.197 e. The number of nitrogens with one attached hydrogen (secondary N) is 1. The molecule has 3 N–H and O–H groups in total. The maximum absolute atomic E-state index is 10.1. The minimum absolute atomic E-state index is 0.0283. The lowest BCUT2D eigenvalue weighted by Crippen LogP contribution is -2.22. The number of unbranched alkanes of at least 4 members (excludes halogenated alkanes) is 11. The molecular weight excluding hydrogens is 326 g/mol. The van der Waals surface area contributed by atoms with E-state index < -0.39 is 0 Å². The normalized spacial score (nSPS) is 23.7. The highest BCUT2D eigenvalue weighted by Crippen LogP contribution is 2.61. The van der Waals surface area contributed by atoms with Crippen molar-refractivity contribution in [3.63, 3.8) is 0 Å². The van der Waals surface area contributed by atoms with Crippen LogP contribution in [0.4, 0.5) is 0 Å². The van der Waals surface area contributed by atoms with Crippen LogP contribution < -0.4 is 0 Å². The van der Waals surface area contributed by atoms with Crippen LogP contribution in [-0.4, -0.2) is 15.2 Å². The highest BCUT2D eigenvalue weighted by molar-refractivity contribution is 5.53. The van der Waals surface area contributed by atoms with Gasteiger partial charge in [-0.2, -0.15) is 0 Å². The first-order valence-electron chi connectivity index (χ1n) is 11.0. The van der Waals surface area contributed by atoms with Gasteiger partial charge in [-0.05, 0) is 19.3 Å². The zero-order chi connectivity index (χ0) is 18.4. The lowest BCUT2D eigenvalue weighted by molar-refractivity contribution is -0.0311. The molecule has 1 aromatic rings. The van der Waals surface area contributed by atoms with Crippen LogP contribution in [0.15, 0.2) is 0 Å². The van der Waals surface area contributed by atoms with Crippen LogP contribution >= 0.6 is 0 Å². The van der Waals surface area contributed by atoms with Crippen LogP contribution in [0.1, 0.15) is 120 Å². The second-order valence-corrected chi connectivity index (χ2v) is 8.39. The Morgan fingerprint density at radius 3 is 2.08 bits per heavy atom. The number of H-pyrrole nitrogens is 1. The minimum Gasteiger partial charge on any atom is -0.494 e. The molecule has 4 heteroatoms. The van der Waals surface area contributed by atoms with Crippen LogP contribution in [0.5, 0.6) is 11.8 Å². The quantitative estimate of drug-likeness (QED) is 0.347. The summed E-state index contributed by atoms with van der Waals surface area (Å²) in [6, 6.07) is 0. The van der Waals surface area contributed by atoms with E-state index in [1.807, 2.05) is 0 Å². The minimum atomic E-state index is -0.347. The van der Waals surface area contributed by atoms with E-state index in [2.05, 4.69) is 11.9 Å². The smallest absolute Gasteiger partial charge is 0.197 e. The van der Waals surface area contributed by atoms with Crippen LogP contribution in [0, 0.1) is 0 Å². The standard InChI is InChI=1S/C22H37NO3/c1-2-3-4-5-6-7-8-9-10-11-12-13-15-22-16-14-17(26-22)18-19(22)21(25)23-20(18)24/h17,23-25H,2-16H2,1H3. The van der Waals surface area contributed by atoms with Gasteiger partial charge in [0.25, 0.3) is 0 Å².